The lowest BCUT2D eigenvalue weighted by Gasteiger charge is -2.36. The molecule has 0 bridgehead atoms. The number of benzene rings is 1. The first-order valence-corrected chi connectivity index (χ1v) is 12.7. The number of nitrogens with zero attached hydrogens (tertiary/aromatic N) is 3. The second-order valence-corrected chi connectivity index (χ2v) is 10.7. The molecule has 9 heteroatoms. The molecular formula is C25H29N5O3S. The van der Waals surface area contributed by atoms with Gasteiger partial charge in [-0.1, -0.05) is 31.2 Å². The van der Waals surface area contributed by atoms with Gasteiger partial charge in [-0.25, -0.2) is 14.7 Å². The van der Waals surface area contributed by atoms with Crippen LogP contribution in [-0.4, -0.2) is 36.4 Å². The third kappa shape index (κ3) is 4.61. The highest BCUT2D eigenvalue weighted by Crippen LogP contribution is 2.38. The van der Waals surface area contributed by atoms with Crippen LogP contribution >= 0.6 is 0 Å². The van der Waals surface area contributed by atoms with Gasteiger partial charge >= 0.3 is 0 Å². The quantitative estimate of drug-likeness (QED) is 0.544. The molecule has 1 atom stereocenters. The Morgan fingerprint density at radius 1 is 1.09 bits per heavy atom. The molecule has 2 N–H and O–H groups in total. The summed E-state index contributed by atoms with van der Waals surface area (Å²) in [5.41, 5.74) is 1.81. The first kappa shape index (κ1) is 23.7. The lowest BCUT2D eigenvalue weighted by Crippen LogP contribution is -2.43. The maximum Gasteiger partial charge on any atom is 0.281 e. The normalized spacial score (nSPS) is 17.4. The summed E-state index contributed by atoms with van der Waals surface area (Å²) >= 11 is 0. The third-order valence-electron chi connectivity index (χ3n) is 6.61. The Labute approximate surface area is 200 Å². The van der Waals surface area contributed by atoms with E-state index in [0.717, 1.165) is 24.2 Å². The molecule has 1 aliphatic heterocycles. The molecule has 3 aromatic rings. The fourth-order valence-corrected chi connectivity index (χ4v) is 5.05. The Hall–Kier alpha value is -3.46. The number of pyridine rings is 2. The van der Waals surface area contributed by atoms with Gasteiger partial charge in [0.25, 0.3) is 15.9 Å². The van der Waals surface area contributed by atoms with Gasteiger partial charge in [-0.05, 0) is 69.0 Å². The number of carbonyl (C=O) groups is 1. The van der Waals surface area contributed by atoms with Gasteiger partial charge < -0.3 is 10.2 Å². The number of anilines is 3. The molecule has 0 radical (unpaired) electrons. The van der Waals surface area contributed by atoms with Crippen LogP contribution in [0.5, 0.6) is 0 Å². The molecule has 34 heavy (non-hydrogen) atoms. The molecule has 2 aromatic heterocycles. The Balaban J connectivity index is 1.58. The topological polar surface area (TPSA) is 104 Å². The van der Waals surface area contributed by atoms with E-state index in [2.05, 4.69) is 45.7 Å². The molecule has 1 aliphatic rings. The van der Waals surface area contributed by atoms with Crippen LogP contribution in [0.4, 0.5) is 17.3 Å². The van der Waals surface area contributed by atoms with Crippen molar-refractivity contribution in [2.45, 2.75) is 44.7 Å². The summed E-state index contributed by atoms with van der Waals surface area (Å²) in [6.45, 7) is 9.06. The molecular weight excluding hydrogens is 450 g/mol. The largest absolute Gasteiger partial charge is 0.351 e. The van der Waals surface area contributed by atoms with E-state index in [1.807, 2.05) is 31.2 Å². The van der Waals surface area contributed by atoms with Gasteiger partial charge in [0.05, 0.1) is 5.56 Å². The minimum Gasteiger partial charge on any atom is -0.351 e. The van der Waals surface area contributed by atoms with Gasteiger partial charge in [0.15, 0.2) is 5.03 Å². The molecule has 4 rings (SSSR count). The van der Waals surface area contributed by atoms with E-state index in [0.29, 0.717) is 17.6 Å². The van der Waals surface area contributed by atoms with E-state index in [-0.39, 0.29) is 16.1 Å². The number of aromatic nitrogens is 2. The maximum absolute atomic E-state index is 13.1. The summed E-state index contributed by atoms with van der Waals surface area (Å²) in [5, 5.41) is 2.87. The predicted octanol–water partition coefficient (Wildman–Crippen LogP) is 4.27. The van der Waals surface area contributed by atoms with Crippen molar-refractivity contribution < 1.29 is 13.2 Å². The molecule has 1 fully saturated rings. The first-order valence-electron chi connectivity index (χ1n) is 11.2. The van der Waals surface area contributed by atoms with Crippen molar-refractivity contribution in [3.63, 3.8) is 0 Å². The summed E-state index contributed by atoms with van der Waals surface area (Å²) < 4.78 is 28.3. The lowest BCUT2D eigenvalue weighted by molar-refractivity contribution is 0.0981. The number of carbonyl (C=O) groups excluding carboxylic acids is 1. The molecule has 0 aliphatic carbocycles. The van der Waals surface area contributed by atoms with E-state index >= 15 is 0 Å². The highest BCUT2D eigenvalue weighted by atomic mass is 32.2. The zero-order valence-corrected chi connectivity index (χ0v) is 20.6. The number of aryl methyl sites for hydroxylation is 1. The SMILES string of the molecule is Cc1ccccc1Nc1cccc(S(=O)(=O)NC(=O)c2cccnc2N2CCC(C)C2(C)C)n1. The van der Waals surface area contributed by atoms with Crippen molar-refractivity contribution >= 4 is 33.3 Å². The maximum atomic E-state index is 13.1. The second-order valence-electron chi connectivity index (χ2n) is 9.11. The Bertz CT molecular complexity index is 1320. The molecule has 3 heterocycles. The number of nitrogens with one attached hydrogen (secondary N) is 2. The van der Waals surface area contributed by atoms with Crippen molar-refractivity contribution in [2.24, 2.45) is 5.92 Å². The first-order chi connectivity index (χ1) is 16.1. The van der Waals surface area contributed by atoms with Crippen LogP contribution in [0, 0.1) is 12.8 Å². The Kier molecular flexibility index (Phi) is 6.31. The lowest BCUT2D eigenvalue weighted by atomic mass is 9.90. The average molecular weight is 480 g/mol. The van der Waals surface area contributed by atoms with E-state index in [4.69, 9.17) is 0 Å². The van der Waals surface area contributed by atoms with Crippen molar-refractivity contribution in [3.05, 3.63) is 71.9 Å². The standard InChI is InChI=1S/C25H29N5O3S/c1-17-9-5-6-11-20(17)27-21-12-7-13-22(28-21)34(32,33)29-24(31)19-10-8-15-26-23(19)30-16-14-18(2)25(30,3)4/h5-13,15,18H,14,16H2,1-4H3,(H,27,28)(H,29,31). The van der Waals surface area contributed by atoms with Gasteiger partial charge in [0.2, 0.25) is 0 Å². The number of hydrogen-bond donors (Lipinski definition) is 2. The van der Waals surface area contributed by atoms with Crippen LogP contribution in [0.25, 0.3) is 0 Å². The predicted molar refractivity (Wildman–Crippen MR) is 133 cm³/mol. The zero-order chi connectivity index (χ0) is 24.5. The summed E-state index contributed by atoms with van der Waals surface area (Å²) in [6, 6.07) is 15.4. The van der Waals surface area contributed by atoms with E-state index in [1.165, 1.54) is 6.07 Å². The monoisotopic (exact) mass is 479 g/mol. The fraction of sp³-hybridized carbons (Fsp3) is 0.320. The molecule has 0 saturated carbocycles. The van der Waals surface area contributed by atoms with Crippen LogP contribution in [0.1, 0.15) is 43.1 Å². The van der Waals surface area contributed by atoms with Gasteiger partial charge in [-0.3, -0.25) is 4.79 Å². The summed E-state index contributed by atoms with van der Waals surface area (Å²) in [5.74, 6) is 0.506. The van der Waals surface area contributed by atoms with Crippen LogP contribution in [-0.2, 0) is 10.0 Å². The highest BCUT2D eigenvalue weighted by Gasteiger charge is 2.40. The van der Waals surface area contributed by atoms with Crippen molar-refractivity contribution in [1.29, 1.82) is 0 Å². The van der Waals surface area contributed by atoms with Gasteiger partial charge in [-0.2, -0.15) is 8.42 Å². The molecule has 0 spiro atoms. The fourth-order valence-electron chi connectivity index (χ4n) is 4.11. The molecule has 8 nitrogen and oxygen atoms in total. The van der Waals surface area contributed by atoms with Gasteiger partial charge in [0.1, 0.15) is 11.6 Å². The Morgan fingerprint density at radius 3 is 2.56 bits per heavy atom. The van der Waals surface area contributed by atoms with Gasteiger partial charge in [0, 0.05) is 24.0 Å². The number of para-hydroxylation sites is 1. The van der Waals surface area contributed by atoms with Crippen LogP contribution in [0.3, 0.4) is 0 Å². The van der Waals surface area contributed by atoms with E-state index < -0.39 is 15.9 Å². The number of hydrogen-bond acceptors (Lipinski definition) is 7. The number of amides is 1. The third-order valence-corrected chi connectivity index (χ3v) is 7.84. The van der Waals surface area contributed by atoms with Crippen molar-refractivity contribution in [1.82, 2.24) is 14.7 Å². The summed E-state index contributed by atoms with van der Waals surface area (Å²) in [6.07, 6.45) is 2.58. The van der Waals surface area contributed by atoms with Crippen LogP contribution < -0.4 is 14.9 Å². The van der Waals surface area contributed by atoms with Crippen LogP contribution in [0.2, 0.25) is 0 Å². The van der Waals surface area contributed by atoms with Crippen molar-refractivity contribution in [2.75, 3.05) is 16.8 Å². The average Bonchev–Trinajstić information content (AvgIpc) is 3.07. The second kappa shape index (κ2) is 9.06. The molecule has 1 saturated heterocycles. The zero-order valence-electron chi connectivity index (χ0n) is 19.7. The Morgan fingerprint density at radius 2 is 1.85 bits per heavy atom. The number of rotatable bonds is 6. The number of sulfonamides is 1. The summed E-state index contributed by atoms with van der Waals surface area (Å²) in [7, 11) is -4.21. The smallest absolute Gasteiger partial charge is 0.281 e. The molecule has 178 valence electrons. The van der Waals surface area contributed by atoms with Crippen LogP contribution in [0.15, 0.2) is 65.8 Å². The van der Waals surface area contributed by atoms with Gasteiger partial charge in [-0.15, -0.1) is 0 Å². The molecule has 1 aromatic carbocycles. The molecule has 1 amide bonds. The minimum absolute atomic E-state index is 0.209. The van der Waals surface area contributed by atoms with E-state index in [9.17, 15) is 13.2 Å². The summed E-state index contributed by atoms with van der Waals surface area (Å²) in [4.78, 5) is 23.8. The molecule has 1 unspecified atom stereocenters. The van der Waals surface area contributed by atoms with Crippen molar-refractivity contribution in [3.8, 4) is 0 Å². The minimum atomic E-state index is -4.21. The van der Waals surface area contributed by atoms with E-state index in [1.54, 1.807) is 30.5 Å². The highest BCUT2D eigenvalue weighted by molar-refractivity contribution is 7.90.